The Kier molecular flexibility index (Phi) is 9.31. The van der Waals surface area contributed by atoms with Gasteiger partial charge in [-0.05, 0) is 43.7 Å². The normalized spacial score (nSPS) is 18.0. The molecule has 16 heteroatoms. The highest BCUT2D eigenvalue weighted by molar-refractivity contribution is 6.34. The number of para-hydroxylation sites is 1. The minimum absolute atomic E-state index is 0.0403. The van der Waals surface area contributed by atoms with Gasteiger partial charge in [-0.15, -0.1) is 0 Å². The van der Waals surface area contributed by atoms with Gasteiger partial charge in [-0.3, -0.25) is 19.3 Å². The van der Waals surface area contributed by atoms with Crippen LogP contribution in [-0.4, -0.2) is 69.8 Å². The fourth-order valence-electron chi connectivity index (χ4n) is 5.98. The number of fused-ring (bicyclic) bond motifs is 1. The average Bonchev–Trinajstić information content (AvgIpc) is 3.60. The zero-order valence-corrected chi connectivity index (χ0v) is 26.4. The number of carbonyl (C=O) groups is 3. The maximum Gasteiger partial charge on any atom is 0.416 e. The maximum absolute atomic E-state index is 13.9. The fourth-order valence-corrected chi connectivity index (χ4v) is 6.29. The zero-order chi connectivity index (χ0) is 34.4. The number of halogens is 6. The van der Waals surface area contributed by atoms with Gasteiger partial charge in [0.05, 0.1) is 40.7 Å². The largest absolute Gasteiger partial charge is 0.416 e. The van der Waals surface area contributed by atoms with E-state index in [0.29, 0.717) is 22.9 Å². The summed E-state index contributed by atoms with van der Waals surface area (Å²) in [6.07, 6.45) is -4.85. The zero-order valence-electron chi connectivity index (χ0n) is 25.6. The summed E-state index contributed by atoms with van der Waals surface area (Å²) < 4.78 is 69.8. The van der Waals surface area contributed by atoms with Crippen molar-refractivity contribution in [3.05, 3.63) is 77.0 Å². The first-order valence-corrected chi connectivity index (χ1v) is 14.9. The molecule has 2 atom stereocenters. The monoisotopic (exact) mass is 679 g/mol. The van der Waals surface area contributed by atoms with E-state index in [9.17, 15) is 36.3 Å². The van der Waals surface area contributed by atoms with Crippen LogP contribution in [0.2, 0.25) is 5.02 Å². The number of alkyl halides is 5. The average molecular weight is 680 g/mol. The summed E-state index contributed by atoms with van der Waals surface area (Å²) in [4.78, 5) is 52.8. The second-order valence-electron chi connectivity index (χ2n) is 11.4. The molecule has 4 heterocycles. The molecule has 2 aliphatic heterocycles. The number of amides is 3. The van der Waals surface area contributed by atoms with Crippen LogP contribution >= 0.6 is 11.6 Å². The molecule has 5 rings (SSSR count). The molecule has 0 radical (unpaired) electrons. The number of hydrogen-bond donors (Lipinski definition) is 0. The number of nitrogens with zero attached hydrogens (tertiary/aromatic N) is 7. The Hall–Kier alpha value is -4.53. The second kappa shape index (κ2) is 12.9. The van der Waals surface area contributed by atoms with E-state index in [0.717, 1.165) is 28.0 Å². The van der Waals surface area contributed by atoms with Crippen LogP contribution in [0.5, 0.6) is 0 Å². The van der Waals surface area contributed by atoms with Crippen molar-refractivity contribution >= 4 is 46.5 Å². The van der Waals surface area contributed by atoms with Gasteiger partial charge in [0.1, 0.15) is 23.7 Å². The number of imidazole rings is 1. The summed E-state index contributed by atoms with van der Waals surface area (Å²) in [5, 5.41) is 0.267. The molecule has 0 N–H and O–H groups in total. The third-order valence-electron chi connectivity index (χ3n) is 8.20. The summed E-state index contributed by atoms with van der Waals surface area (Å²) >= 11 is 6.63. The van der Waals surface area contributed by atoms with Gasteiger partial charge in [0.15, 0.2) is 0 Å². The number of rotatable bonds is 8. The highest BCUT2D eigenvalue weighted by Crippen LogP contribution is 2.39. The topological polar surface area (TPSA) is 94.9 Å². The quantitative estimate of drug-likeness (QED) is 0.240. The number of carbonyl (C=O) groups excluding carboxylic acids is 3. The predicted octanol–water partition coefficient (Wildman–Crippen LogP) is 5.22. The molecule has 3 amide bonds. The lowest BCUT2D eigenvalue weighted by Gasteiger charge is -2.34. The first-order chi connectivity index (χ1) is 22.1. The molecule has 2 aromatic heterocycles. The second-order valence-corrected chi connectivity index (χ2v) is 11.8. The van der Waals surface area contributed by atoms with Crippen LogP contribution < -0.4 is 14.7 Å². The third-order valence-corrected chi connectivity index (χ3v) is 8.51. The van der Waals surface area contributed by atoms with Crippen molar-refractivity contribution in [2.45, 2.75) is 64.1 Å². The van der Waals surface area contributed by atoms with Crippen LogP contribution in [0.4, 0.5) is 39.1 Å². The number of anilines is 3. The minimum Gasteiger partial charge on any atom is -0.366 e. The summed E-state index contributed by atoms with van der Waals surface area (Å²) in [6, 6.07) is 4.03. The van der Waals surface area contributed by atoms with E-state index in [2.05, 4.69) is 16.5 Å². The minimum atomic E-state index is -4.68. The lowest BCUT2D eigenvalue weighted by atomic mass is 10.1. The molecule has 0 saturated carbocycles. The Morgan fingerprint density at radius 1 is 1.19 bits per heavy atom. The summed E-state index contributed by atoms with van der Waals surface area (Å²) in [5.41, 5.74) is 0.305. The van der Waals surface area contributed by atoms with Crippen LogP contribution in [0.15, 0.2) is 49.2 Å². The number of pyridine rings is 1. The lowest BCUT2D eigenvalue weighted by molar-refractivity contribution is -0.137. The van der Waals surface area contributed by atoms with Crippen LogP contribution in [-0.2, 0) is 40.2 Å². The van der Waals surface area contributed by atoms with Crippen molar-refractivity contribution in [3.8, 4) is 0 Å². The van der Waals surface area contributed by atoms with E-state index < -0.39 is 48.0 Å². The first-order valence-electron chi connectivity index (χ1n) is 14.5. The molecule has 1 aromatic carbocycles. The summed E-state index contributed by atoms with van der Waals surface area (Å²) in [5.74, 6) is -1.57. The van der Waals surface area contributed by atoms with Crippen molar-refractivity contribution < 1.29 is 36.3 Å². The molecule has 0 aliphatic carbocycles. The van der Waals surface area contributed by atoms with E-state index in [1.165, 1.54) is 18.9 Å². The van der Waals surface area contributed by atoms with Gasteiger partial charge in [-0.2, -0.15) is 13.2 Å². The van der Waals surface area contributed by atoms with Crippen molar-refractivity contribution in [2.75, 3.05) is 28.8 Å². The van der Waals surface area contributed by atoms with E-state index in [4.69, 9.17) is 11.6 Å². The van der Waals surface area contributed by atoms with Crippen LogP contribution in [0.25, 0.3) is 0 Å². The number of benzene rings is 1. The molecule has 0 bridgehead atoms. The van der Waals surface area contributed by atoms with Crippen molar-refractivity contribution in [2.24, 2.45) is 0 Å². The van der Waals surface area contributed by atoms with Crippen molar-refractivity contribution in [1.29, 1.82) is 0 Å². The molecular formula is C31H31ClF5N7O3. The van der Waals surface area contributed by atoms with E-state index in [-0.39, 0.29) is 49.0 Å². The Labute approximate surface area is 272 Å². The van der Waals surface area contributed by atoms with Gasteiger partial charge in [0.25, 0.3) is 6.43 Å². The van der Waals surface area contributed by atoms with Gasteiger partial charge in [0, 0.05) is 39.0 Å². The number of aromatic nitrogens is 3. The van der Waals surface area contributed by atoms with E-state index >= 15 is 0 Å². The third kappa shape index (κ3) is 6.66. The van der Waals surface area contributed by atoms with Gasteiger partial charge >= 0.3 is 6.18 Å². The molecule has 2 aliphatic rings. The molecule has 250 valence electrons. The molecule has 2 unspecified atom stereocenters. The highest BCUT2D eigenvalue weighted by Gasteiger charge is 2.42. The molecule has 3 aromatic rings. The Balaban J connectivity index is 1.41. The Bertz CT molecular complexity index is 1730. The predicted molar refractivity (Wildman–Crippen MR) is 164 cm³/mol. The number of likely N-dealkylation sites (N-methyl/N-ethyl adjacent to an activating group) is 1. The van der Waals surface area contributed by atoms with Crippen LogP contribution in [0.1, 0.15) is 35.6 Å². The van der Waals surface area contributed by atoms with Crippen molar-refractivity contribution in [1.82, 2.24) is 19.4 Å². The van der Waals surface area contributed by atoms with Gasteiger partial charge < -0.3 is 19.3 Å². The SMILES string of the molecule is C=CC(=O)N1Cc2nc(CN(C)c3c(Cl)cccc3N(C)C(=O)C3CCC(=O)N3c3cc(C(F)(F)F)cc(C)n3)cn2CC1C(F)F. The molecule has 10 nitrogen and oxygen atoms in total. The Morgan fingerprint density at radius 2 is 1.91 bits per heavy atom. The lowest BCUT2D eigenvalue weighted by Crippen LogP contribution is -2.49. The smallest absolute Gasteiger partial charge is 0.366 e. The number of aryl methyl sites for hydroxylation is 1. The first kappa shape index (κ1) is 33.8. The molecule has 47 heavy (non-hydrogen) atoms. The molecule has 1 fully saturated rings. The summed E-state index contributed by atoms with van der Waals surface area (Å²) in [6.45, 7) is 4.62. The highest BCUT2D eigenvalue weighted by atomic mass is 35.5. The van der Waals surface area contributed by atoms with E-state index in [1.54, 1.807) is 40.9 Å². The molecule has 1 saturated heterocycles. The summed E-state index contributed by atoms with van der Waals surface area (Å²) in [7, 11) is 3.17. The maximum atomic E-state index is 13.9. The van der Waals surface area contributed by atoms with Crippen molar-refractivity contribution in [3.63, 3.8) is 0 Å². The standard InChI is InChI=1S/C31H31ClF5N7O3/c1-5-26(45)43-16-25-39-19(14-42(25)15-23(43)29(33)34)13-40(3)28-20(32)7-6-8-21(28)41(4)30(47)22-9-10-27(46)44(22)24-12-18(31(35,36)37)11-17(2)38-24/h5-8,11-12,14,22-23,29H,1,9-10,13,15-16H2,2-4H3. The fraction of sp³-hybridized carbons (Fsp3) is 0.387. The van der Waals surface area contributed by atoms with Crippen LogP contribution in [0.3, 0.4) is 0 Å². The van der Waals surface area contributed by atoms with Gasteiger partial charge in [-0.25, -0.2) is 18.7 Å². The Morgan fingerprint density at radius 3 is 2.57 bits per heavy atom. The van der Waals surface area contributed by atoms with Gasteiger partial charge in [0.2, 0.25) is 17.7 Å². The van der Waals surface area contributed by atoms with E-state index in [1.807, 2.05) is 0 Å². The molecular weight excluding hydrogens is 649 g/mol. The van der Waals surface area contributed by atoms with Crippen LogP contribution in [0, 0.1) is 6.92 Å². The number of hydrogen-bond acceptors (Lipinski definition) is 6. The van der Waals surface area contributed by atoms with Gasteiger partial charge in [-0.1, -0.05) is 24.2 Å². The molecule has 0 spiro atoms.